The van der Waals surface area contributed by atoms with Crippen molar-refractivity contribution < 1.29 is 5.11 Å². The molecule has 1 heterocycles. The van der Waals surface area contributed by atoms with Crippen molar-refractivity contribution in [3.63, 3.8) is 0 Å². The van der Waals surface area contributed by atoms with Crippen LogP contribution in [0.3, 0.4) is 0 Å². The lowest BCUT2D eigenvalue weighted by molar-refractivity contribution is 0.128. The number of benzene rings is 1. The third-order valence-electron chi connectivity index (χ3n) is 3.02. The van der Waals surface area contributed by atoms with Gasteiger partial charge < -0.3 is 15.7 Å². The largest absolute Gasteiger partial charge is 0.390 e. The van der Waals surface area contributed by atoms with Crippen LogP contribution in [0.1, 0.15) is 31.0 Å². The Morgan fingerprint density at radius 1 is 1.44 bits per heavy atom. The van der Waals surface area contributed by atoms with Crippen LogP contribution < -0.4 is 10.6 Å². The van der Waals surface area contributed by atoms with E-state index in [0.717, 1.165) is 6.54 Å². The Balaban J connectivity index is 2.01. The maximum atomic E-state index is 10.1. The lowest BCUT2D eigenvalue weighted by Gasteiger charge is -2.21. The molecule has 3 heteroatoms. The molecule has 1 aromatic rings. The van der Waals surface area contributed by atoms with E-state index in [2.05, 4.69) is 36.6 Å². The lowest BCUT2D eigenvalue weighted by Crippen LogP contribution is -2.38. The Morgan fingerprint density at radius 3 is 2.94 bits per heavy atom. The summed E-state index contributed by atoms with van der Waals surface area (Å²) < 4.78 is 0. The first-order valence-electron chi connectivity index (χ1n) is 5.91. The predicted molar refractivity (Wildman–Crippen MR) is 65.2 cm³/mol. The maximum Gasteiger partial charge on any atom is 0.0859 e. The van der Waals surface area contributed by atoms with Crippen molar-refractivity contribution in [2.24, 2.45) is 0 Å². The molecular formula is C13H20N2O. The standard InChI is InChI=1S/C13H20N2O/c1-9(2)14-8-12(16)13-11-6-4-3-5-10(11)7-15-13/h3-6,9,12-16H,7-8H2,1-2H3. The van der Waals surface area contributed by atoms with Crippen LogP contribution >= 0.6 is 0 Å². The Labute approximate surface area is 96.9 Å². The van der Waals surface area contributed by atoms with E-state index in [4.69, 9.17) is 0 Å². The number of aliphatic hydroxyl groups excluding tert-OH is 1. The topological polar surface area (TPSA) is 44.3 Å². The molecule has 1 aliphatic heterocycles. The monoisotopic (exact) mass is 220 g/mol. The van der Waals surface area contributed by atoms with Gasteiger partial charge in [-0.2, -0.15) is 0 Å². The molecule has 0 aliphatic carbocycles. The van der Waals surface area contributed by atoms with Crippen molar-refractivity contribution in [3.8, 4) is 0 Å². The van der Waals surface area contributed by atoms with Gasteiger partial charge in [-0.1, -0.05) is 38.1 Å². The Kier molecular flexibility index (Phi) is 3.59. The van der Waals surface area contributed by atoms with E-state index in [1.807, 2.05) is 12.1 Å². The van der Waals surface area contributed by atoms with Crippen LogP contribution in [0.15, 0.2) is 24.3 Å². The second-order valence-electron chi connectivity index (χ2n) is 4.69. The van der Waals surface area contributed by atoms with Crippen LogP contribution in [-0.4, -0.2) is 23.8 Å². The van der Waals surface area contributed by atoms with Gasteiger partial charge in [0.25, 0.3) is 0 Å². The molecule has 88 valence electrons. The van der Waals surface area contributed by atoms with E-state index in [1.54, 1.807) is 0 Å². The molecule has 0 saturated heterocycles. The predicted octanol–water partition coefficient (Wildman–Crippen LogP) is 1.19. The van der Waals surface area contributed by atoms with Crippen molar-refractivity contribution in [1.82, 2.24) is 10.6 Å². The molecule has 0 amide bonds. The fourth-order valence-corrected chi connectivity index (χ4v) is 2.15. The average Bonchev–Trinajstić information content (AvgIpc) is 2.69. The van der Waals surface area contributed by atoms with Crippen LogP contribution in [0.2, 0.25) is 0 Å². The third kappa shape index (κ3) is 2.43. The van der Waals surface area contributed by atoms with Crippen LogP contribution in [0.4, 0.5) is 0 Å². The quantitative estimate of drug-likeness (QED) is 0.714. The summed E-state index contributed by atoms with van der Waals surface area (Å²) in [5.41, 5.74) is 2.54. The van der Waals surface area contributed by atoms with Gasteiger partial charge in [-0.25, -0.2) is 0 Å². The second kappa shape index (κ2) is 4.95. The van der Waals surface area contributed by atoms with Crippen molar-refractivity contribution in [3.05, 3.63) is 35.4 Å². The molecule has 2 atom stereocenters. The van der Waals surface area contributed by atoms with Crippen molar-refractivity contribution in [1.29, 1.82) is 0 Å². The highest BCUT2D eigenvalue weighted by atomic mass is 16.3. The number of aliphatic hydroxyl groups is 1. The fraction of sp³-hybridized carbons (Fsp3) is 0.538. The first kappa shape index (κ1) is 11.6. The van der Waals surface area contributed by atoms with Gasteiger partial charge >= 0.3 is 0 Å². The van der Waals surface area contributed by atoms with Crippen molar-refractivity contribution in [2.75, 3.05) is 6.54 Å². The Hall–Kier alpha value is -0.900. The van der Waals surface area contributed by atoms with Gasteiger partial charge in [0.2, 0.25) is 0 Å². The van der Waals surface area contributed by atoms with E-state index in [1.165, 1.54) is 11.1 Å². The summed E-state index contributed by atoms with van der Waals surface area (Å²) in [5, 5.41) is 16.7. The van der Waals surface area contributed by atoms with E-state index < -0.39 is 0 Å². The van der Waals surface area contributed by atoms with E-state index in [-0.39, 0.29) is 12.1 Å². The molecule has 3 nitrogen and oxygen atoms in total. The summed E-state index contributed by atoms with van der Waals surface area (Å²) in [4.78, 5) is 0. The van der Waals surface area contributed by atoms with Gasteiger partial charge in [0.15, 0.2) is 0 Å². The molecule has 0 fully saturated rings. The normalized spacial score (nSPS) is 21.1. The summed E-state index contributed by atoms with van der Waals surface area (Å²) in [6, 6.07) is 8.76. The lowest BCUT2D eigenvalue weighted by atomic mass is 10.0. The minimum atomic E-state index is -0.369. The van der Waals surface area contributed by atoms with Crippen molar-refractivity contribution in [2.45, 2.75) is 38.6 Å². The summed E-state index contributed by atoms with van der Waals surface area (Å²) in [7, 11) is 0. The van der Waals surface area contributed by atoms with Crippen LogP contribution in [-0.2, 0) is 6.54 Å². The molecule has 0 spiro atoms. The zero-order valence-electron chi connectivity index (χ0n) is 9.90. The highest BCUT2D eigenvalue weighted by Crippen LogP contribution is 2.27. The summed E-state index contributed by atoms with van der Waals surface area (Å²) in [6.45, 7) is 5.66. The molecule has 0 aromatic heterocycles. The van der Waals surface area contributed by atoms with Gasteiger partial charge in [0, 0.05) is 19.1 Å². The third-order valence-corrected chi connectivity index (χ3v) is 3.02. The molecule has 2 unspecified atom stereocenters. The molecule has 3 N–H and O–H groups in total. The van der Waals surface area contributed by atoms with E-state index in [9.17, 15) is 5.11 Å². The zero-order valence-corrected chi connectivity index (χ0v) is 9.90. The number of nitrogens with one attached hydrogen (secondary N) is 2. The molecule has 0 radical (unpaired) electrons. The van der Waals surface area contributed by atoms with Crippen LogP contribution in [0, 0.1) is 0 Å². The zero-order chi connectivity index (χ0) is 11.5. The van der Waals surface area contributed by atoms with Crippen molar-refractivity contribution >= 4 is 0 Å². The molecule has 1 aromatic carbocycles. The fourth-order valence-electron chi connectivity index (χ4n) is 2.15. The molecule has 16 heavy (non-hydrogen) atoms. The van der Waals surface area contributed by atoms with E-state index in [0.29, 0.717) is 12.6 Å². The van der Waals surface area contributed by atoms with Crippen LogP contribution in [0.25, 0.3) is 0 Å². The molecule has 0 saturated carbocycles. The number of rotatable bonds is 4. The summed E-state index contributed by atoms with van der Waals surface area (Å²) >= 11 is 0. The summed E-state index contributed by atoms with van der Waals surface area (Å²) in [6.07, 6.45) is -0.369. The summed E-state index contributed by atoms with van der Waals surface area (Å²) in [5.74, 6) is 0. The average molecular weight is 220 g/mol. The molecular weight excluding hydrogens is 200 g/mol. The van der Waals surface area contributed by atoms with Gasteiger partial charge in [-0.05, 0) is 11.1 Å². The highest BCUT2D eigenvalue weighted by molar-refractivity contribution is 5.34. The minimum absolute atomic E-state index is 0.0717. The first-order chi connectivity index (χ1) is 7.68. The molecule has 2 rings (SSSR count). The SMILES string of the molecule is CC(C)NCC(O)C1NCc2ccccc21. The molecule has 1 aliphatic rings. The minimum Gasteiger partial charge on any atom is -0.390 e. The molecule has 0 bridgehead atoms. The van der Waals surface area contributed by atoms with Crippen LogP contribution in [0.5, 0.6) is 0 Å². The number of hydrogen-bond acceptors (Lipinski definition) is 3. The van der Waals surface area contributed by atoms with Gasteiger partial charge in [0.1, 0.15) is 0 Å². The Bertz CT molecular complexity index is 352. The highest BCUT2D eigenvalue weighted by Gasteiger charge is 2.27. The number of fused-ring (bicyclic) bond motifs is 1. The smallest absolute Gasteiger partial charge is 0.0859 e. The van der Waals surface area contributed by atoms with Gasteiger partial charge in [0.05, 0.1) is 12.1 Å². The first-order valence-corrected chi connectivity index (χ1v) is 5.91. The van der Waals surface area contributed by atoms with Gasteiger partial charge in [-0.15, -0.1) is 0 Å². The van der Waals surface area contributed by atoms with Gasteiger partial charge in [-0.3, -0.25) is 0 Å². The van der Waals surface area contributed by atoms with E-state index >= 15 is 0 Å². The number of hydrogen-bond donors (Lipinski definition) is 3. The Morgan fingerprint density at radius 2 is 2.19 bits per heavy atom. The maximum absolute atomic E-state index is 10.1. The second-order valence-corrected chi connectivity index (χ2v) is 4.69.